The predicted molar refractivity (Wildman–Crippen MR) is 109 cm³/mol. The van der Waals surface area contributed by atoms with Crippen LogP contribution in [0.4, 0.5) is 0 Å². The Morgan fingerprint density at radius 1 is 0.926 bits per heavy atom. The third-order valence-corrected chi connectivity index (χ3v) is 5.60. The molecule has 0 atom stereocenters. The van der Waals surface area contributed by atoms with E-state index in [1.54, 1.807) is 4.90 Å². The van der Waals surface area contributed by atoms with E-state index in [4.69, 9.17) is 0 Å². The number of amides is 1. The van der Waals surface area contributed by atoms with E-state index < -0.39 is 10.0 Å². The average molecular weight is 389 g/mol. The van der Waals surface area contributed by atoms with Crippen molar-refractivity contribution in [3.63, 3.8) is 0 Å². The Kier molecular flexibility index (Phi) is 7.16. The normalized spacial score (nSPS) is 11.8. The summed E-state index contributed by atoms with van der Waals surface area (Å²) in [5, 5.41) is 0. The first-order valence-corrected chi connectivity index (χ1v) is 10.9. The first-order valence-electron chi connectivity index (χ1n) is 9.01. The Morgan fingerprint density at radius 3 is 2.00 bits per heavy atom. The molecular formula is C21H28N2O3S. The van der Waals surface area contributed by atoms with Gasteiger partial charge in [-0.25, -0.2) is 8.42 Å². The Bertz CT molecular complexity index is 847. The minimum atomic E-state index is -3.51. The highest BCUT2D eigenvalue weighted by Crippen LogP contribution is 2.13. The van der Waals surface area contributed by atoms with E-state index in [1.807, 2.05) is 75.4 Å². The van der Waals surface area contributed by atoms with Crippen LogP contribution >= 0.6 is 0 Å². The second kappa shape index (κ2) is 9.15. The number of benzene rings is 2. The average Bonchev–Trinajstić information content (AvgIpc) is 2.60. The van der Waals surface area contributed by atoms with E-state index >= 15 is 0 Å². The third-order valence-electron chi connectivity index (χ3n) is 4.40. The fourth-order valence-corrected chi connectivity index (χ4v) is 3.50. The molecule has 5 nitrogen and oxygen atoms in total. The summed E-state index contributed by atoms with van der Waals surface area (Å²) in [5.74, 6) is -0.202. The first kappa shape index (κ1) is 21.1. The van der Waals surface area contributed by atoms with Gasteiger partial charge >= 0.3 is 0 Å². The number of nitrogens with zero attached hydrogens (tertiary/aromatic N) is 2. The SMILES string of the molecule is Cc1ccc(CN(CC(=O)N(Cc2ccccc2)C(C)C)S(C)(=O)=O)cc1. The van der Waals surface area contributed by atoms with Crippen LogP contribution in [0.25, 0.3) is 0 Å². The molecule has 1 amide bonds. The molecule has 0 bridgehead atoms. The summed E-state index contributed by atoms with van der Waals surface area (Å²) in [6.45, 7) is 6.32. The Morgan fingerprint density at radius 2 is 1.48 bits per heavy atom. The molecule has 2 aromatic rings. The van der Waals surface area contributed by atoms with Crippen molar-refractivity contribution in [1.29, 1.82) is 0 Å². The topological polar surface area (TPSA) is 57.7 Å². The first-order chi connectivity index (χ1) is 12.7. The Balaban J connectivity index is 2.16. The molecule has 0 saturated heterocycles. The van der Waals surface area contributed by atoms with Crippen molar-refractivity contribution >= 4 is 15.9 Å². The number of rotatable bonds is 8. The highest BCUT2D eigenvalue weighted by atomic mass is 32.2. The van der Waals surface area contributed by atoms with Crippen molar-refractivity contribution < 1.29 is 13.2 Å². The molecule has 2 rings (SSSR count). The van der Waals surface area contributed by atoms with Crippen molar-refractivity contribution in [3.8, 4) is 0 Å². The fourth-order valence-electron chi connectivity index (χ4n) is 2.77. The van der Waals surface area contributed by atoms with Crippen LogP contribution in [0.5, 0.6) is 0 Å². The minimum Gasteiger partial charge on any atom is -0.335 e. The summed E-state index contributed by atoms with van der Waals surface area (Å²) in [7, 11) is -3.51. The van der Waals surface area contributed by atoms with Gasteiger partial charge in [0.05, 0.1) is 12.8 Å². The lowest BCUT2D eigenvalue weighted by Crippen LogP contribution is -2.44. The van der Waals surface area contributed by atoms with Crippen LogP contribution in [0.3, 0.4) is 0 Å². The van der Waals surface area contributed by atoms with Gasteiger partial charge in [0.15, 0.2) is 0 Å². The molecule has 0 aromatic heterocycles. The van der Waals surface area contributed by atoms with E-state index in [0.717, 1.165) is 22.9 Å². The Labute approximate surface area is 162 Å². The highest BCUT2D eigenvalue weighted by Gasteiger charge is 2.25. The molecule has 0 saturated carbocycles. The maximum Gasteiger partial charge on any atom is 0.238 e. The number of carbonyl (C=O) groups excluding carboxylic acids is 1. The van der Waals surface area contributed by atoms with E-state index in [1.165, 1.54) is 4.31 Å². The van der Waals surface area contributed by atoms with E-state index in [2.05, 4.69) is 0 Å². The minimum absolute atomic E-state index is 0.0292. The lowest BCUT2D eigenvalue weighted by Gasteiger charge is -2.29. The van der Waals surface area contributed by atoms with Gasteiger partial charge in [0.25, 0.3) is 0 Å². The molecule has 2 aromatic carbocycles. The number of sulfonamides is 1. The molecule has 6 heteroatoms. The molecule has 0 radical (unpaired) electrons. The summed E-state index contributed by atoms with van der Waals surface area (Å²) in [6, 6.07) is 17.3. The maximum atomic E-state index is 12.9. The van der Waals surface area contributed by atoms with Crippen LogP contribution in [0.2, 0.25) is 0 Å². The van der Waals surface area contributed by atoms with E-state index in [-0.39, 0.29) is 25.0 Å². The van der Waals surface area contributed by atoms with Crippen molar-refractivity contribution in [2.24, 2.45) is 0 Å². The molecule has 0 N–H and O–H groups in total. The van der Waals surface area contributed by atoms with Gasteiger partial charge in [-0.15, -0.1) is 0 Å². The lowest BCUT2D eigenvalue weighted by molar-refractivity contribution is -0.133. The smallest absolute Gasteiger partial charge is 0.238 e. The van der Waals surface area contributed by atoms with Crippen LogP contribution in [0.15, 0.2) is 54.6 Å². The van der Waals surface area contributed by atoms with Crippen LogP contribution < -0.4 is 0 Å². The quantitative estimate of drug-likeness (QED) is 0.698. The van der Waals surface area contributed by atoms with Gasteiger partial charge < -0.3 is 4.90 Å². The van der Waals surface area contributed by atoms with Crippen molar-refractivity contribution in [2.45, 2.75) is 39.9 Å². The van der Waals surface area contributed by atoms with Crippen LogP contribution in [-0.4, -0.2) is 42.4 Å². The van der Waals surface area contributed by atoms with Crippen molar-refractivity contribution in [1.82, 2.24) is 9.21 Å². The zero-order valence-electron chi connectivity index (χ0n) is 16.4. The number of carbonyl (C=O) groups is 1. The summed E-state index contributed by atoms with van der Waals surface area (Å²) in [6.07, 6.45) is 1.14. The lowest BCUT2D eigenvalue weighted by atomic mass is 10.1. The molecule has 0 aliphatic carbocycles. The maximum absolute atomic E-state index is 12.9. The summed E-state index contributed by atoms with van der Waals surface area (Å²) in [4.78, 5) is 14.6. The number of hydrogen-bond donors (Lipinski definition) is 0. The second-order valence-electron chi connectivity index (χ2n) is 7.12. The summed E-state index contributed by atoms with van der Waals surface area (Å²) >= 11 is 0. The molecule has 146 valence electrons. The summed E-state index contributed by atoms with van der Waals surface area (Å²) in [5.41, 5.74) is 2.98. The summed E-state index contributed by atoms with van der Waals surface area (Å²) < 4.78 is 25.7. The zero-order chi connectivity index (χ0) is 20.0. The molecular weight excluding hydrogens is 360 g/mol. The molecule has 0 fully saturated rings. The number of aryl methyl sites for hydroxylation is 1. The van der Waals surface area contributed by atoms with E-state index in [9.17, 15) is 13.2 Å². The van der Waals surface area contributed by atoms with Crippen molar-refractivity contribution in [3.05, 3.63) is 71.3 Å². The third kappa shape index (κ3) is 6.48. The molecule has 0 unspecified atom stereocenters. The largest absolute Gasteiger partial charge is 0.335 e. The monoisotopic (exact) mass is 388 g/mol. The van der Waals surface area contributed by atoms with Gasteiger partial charge in [-0.05, 0) is 31.9 Å². The van der Waals surface area contributed by atoms with Gasteiger partial charge in [-0.3, -0.25) is 4.79 Å². The van der Waals surface area contributed by atoms with E-state index in [0.29, 0.717) is 6.54 Å². The van der Waals surface area contributed by atoms with Crippen LogP contribution in [-0.2, 0) is 27.9 Å². The molecule has 27 heavy (non-hydrogen) atoms. The van der Waals surface area contributed by atoms with Gasteiger partial charge in [-0.2, -0.15) is 4.31 Å². The van der Waals surface area contributed by atoms with Crippen molar-refractivity contribution in [2.75, 3.05) is 12.8 Å². The number of hydrogen-bond acceptors (Lipinski definition) is 3. The van der Waals surface area contributed by atoms with Gasteiger partial charge in [0.2, 0.25) is 15.9 Å². The Hall–Kier alpha value is -2.18. The predicted octanol–water partition coefficient (Wildman–Crippen LogP) is 3.19. The van der Waals surface area contributed by atoms with Gasteiger partial charge in [0.1, 0.15) is 0 Å². The molecule has 0 heterocycles. The fraction of sp³-hybridized carbons (Fsp3) is 0.381. The van der Waals surface area contributed by atoms with Crippen LogP contribution in [0.1, 0.15) is 30.5 Å². The highest BCUT2D eigenvalue weighted by molar-refractivity contribution is 7.88. The second-order valence-corrected chi connectivity index (χ2v) is 9.10. The zero-order valence-corrected chi connectivity index (χ0v) is 17.2. The standard InChI is InChI=1S/C21H28N2O3S/c1-17(2)23(15-19-8-6-5-7-9-19)21(24)16-22(27(4,25)26)14-20-12-10-18(3)11-13-20/h5-13,17H,14-16H2,1-4H3. The molecule has 0 aliphatic heterocycles. The van der Waals surface area contributed by atoms with Gasteiger partial charge in [0, 0.05) is 19.1 Å². The van der Waals surface area contributed by atoms with Crippen LogP contribution in [0, 0.1) is 6.92 Å². The molecule has 0 spiro atoms. The van der Waals surface area contributed by atoms with Gasteiger partial charge in [-0.1, -0.05) is 60.2 Å². The molecule has 0 aliphatic rings.